The Morgan fingerprint density at radius 2 is 1.39 bits per heavy atom. The van der Waals surface area contributed by atoms with Gasteiger partial charge in [-0.3, -0.25) is 0 Å². The van der Waals surface area contributed by atoms with Crippen LogP contribution in [0.4, 0.5) is 0 Å². The van der Waals surface area contributed by atoms with Gasteiger partial charge in [0.1, 0.15) is 49.3 Å². The van der Waals surface area contributed by atoms with Crippen molar-refractivity contribution >= 4 is 0 Å². The van der Waals surface area contributed by atoms with E-state index in [0.29, 0.717) is 0 Å². The molecule has 0 bridgehead atoms. The fraction of sp³-hybridized carbons (Fsp3) is 1.00. The number of aliphatic hydroxyl groups is 8. The Hall–Kier alpha value is -0.440. The van der Waals surface area contributed by atoms with E-state index in [1.165, 1.54) is 0 Å². The number of rotatable bonds is 5. The van der Waals surface area contributed by atoms with Crippen molar-refractivity contribution in [3.8, 4) is 0 Å². The van der Waals surface area contributed by atoms with E-state index in [4.69, 9.17) is 24.4 Å². The van der Waals surface area contributed by atoms with Crippen LogP contribution < -0.4 is 0 Å². The molecule has 0 aliphatic carbocycles. The van der Waals surface area contributed by atoms with E-state index in [0.717, 1.165) is 0 Å². The van der Waals surface area contributed by atoms with Crippen molar-refractivity contribution in [2.75, 3.05) is 19.8 Å². The van der Waals surface area contributed by atoms with E-state index in [2.05, 4.69) is 0 Å². The Balaban J connectivity index is 2.18. The highest BCUT2D eigenvalue weighted by molar-refractivity contribution is 4.98. The molecule has 2 saturated heterocycles. The molecule has 23 heavy (non-hydrogen) atoms. The minimum Gasteiger partial charge on any atom is -0.394 e. The third kappa shape index (κ3) is 3.23. The van der Waals surface area contributed by atoms with Gasteiger partial charge in [-0.2, -0.15) is 0 Å². The van der Waals surface area contributed by atoms with Gasteiger partial charge in [-0.15, -0.1) is 0 Å². The number of ether oxygens (including phenoxy) is 3. The van der Waals surface area contributed by atoms with Gasteiger partial charge in [-0.1, -0.05) is 0 Å². The summed E-state index contributed by atoms with van der Waals surface area (Å²) in [6, 6.07) is 0. The van der Waals surface area contributed by atoms with Gasteiger partial charge in [0, 0.05) is 0 Å². The van der Waals surface area contributed by atoms with Crippen LogP contribution in [0.15, 0.2) is 0 Å². The van der Waals surface area contributed by atoms with Crippen LogP contribution in [-0.4, -0.2) is 115 Å². The predicted octanol–water partition coefficient (Wildman–Crippen LogP) is -5.40. The first-order valence-corrected chi connectivity index (χ1v) is 7.05. The smallest absolute Gasteiger partial charge is 0.224 e. The first-order chi connectivity index (χ1) is 10.8. The zero-order valence-corrected chi connectivity index (χ0v) is 12.0. The summed E-state index contributed by atoms with van der Waals surface area (Å²) in [6.45, 7) is -2.32. The van der Waals surface area contributed by atoms with Gasteiger partial charge in [-0.05, 0) is 0 Å². The normalized spacial score (nSPS) is 51.1. The Morgan fingerprint density at radius 3 is 1.87 bits per heavy atom. The highest BCUT2D eigenvalue weighted by atomic mass is 16.8. The summed E-state index contributed by atoms with van der Waals surface area (Å²) in [5.41, 5.74) is 0. The van der Waals surface area contributed by atoms with Crippen LogP contribution in [0.25, 0.3) is 0 Å². The molecule has 11 heteroatoms. The summed E-state index contributed by atoms with van der Waals surface area (Å²) < 4.78 is 15.4. The maximum Gasteiger partial charge on any atom is 0.224 e. The molecule has 0 aromatic carbocycles. The first kappa shape index (κ1) is 18.9. The monoisotopic (exact) mass is 342 g/mol. The van der Waals surface area contributed by atoms with E-state index in [1.807, 2.05) is 0 Å². The van der Waals surface area contributed by atoms with Crippen molar-refractivity contribution < 1.29 is 55.1 Å². The molecule has 0 spiro atoms. The van der Waals surface area contributed by atoms with Crippen molar-refractivity contribution in [2.45, 2.75) is 54.8 Å². The molecule has 136 valence electrons. The Bertz CT molecular complexity index is 393. The summed E-state index contributed by atoms with van der Waals surface area (Å²) in [5.74, 6) is -2.22. The molecule has 0 radical (unpaired) electrons. The summed E-state index contributed by atoms with van der Waals surface area (Å²) >= 11 is 0. The zero-order chi connectivity index (χ0) is 17.4. The van der Waals surface area contributed by atoms with Crippen molar-refractivity contribution in [3.05, 3.63) is 0 Å². The molecular weight excluding hydrogens is 320 g/mol. The minimum absolute atomic E-state index is 0.669. The molecule has 2 aliphatic heterocycles. The van der Waals surface area contributed by atoms with Gasteiger partial charge < -0.3 is 55.1 Å². The molecule has 0 saturated carbocycles. The number of hydrogen-bond acceptors (Lipinski definition) is 11. The first-order valence-electron chi connectivity index (χ1n) is 7.05. The minimum atomic E-state index is -2.22. The fourth-order valence-electron chi connectivity index (χ4n) is 2.63. The van der Waals surface area contributed by atoms with Gasteiger partial charge in [0.15, 0.2) is 6.29 Å². The van der Waals surface area contributed by atoms with Crippen molar-refractivity contribution in [3.63, 3.8) is 0 Å². The molecule has 0 amide bonds. The second-order valence-corrected chi connectivity index (χ2v) is 5.56. The molecule has 0 aromatic heterocycles. The van der Waals surface area contributed by atoms with E-state index in [9.17, 15) is 30.6 Å². The van der Waals surface area contributed by atoms with Crippen LogP contribution in [0.2, 0.25) is 0 Å². The van der Waals surface area contributed by atoms with Crippen LogP contribution >= 0.6 is 0 Å². The van der Waals surface area contributed by atoms with Crippen LogP contribution in [0.1, 0.15) is 0 Å². The predicted molar refractivity (Wildman–Crippen MR) is 68.6 cm³/mol. The molecule has 2 heterocycles. The largest absolute Gasteiger partial charge is 0.394 e. The average molecular weight is 342 g/mol. The van der Waals surface area contributed by atoms with Crippen molar-refractivity contribution in [1.82, 2.24) is 0 Å². The molecule has 2 rings (SSSR count). The van der Waals surface area contributed by atoms with Crippen molar-refractivity contribution in [1.29, 1.82) is 0 Å². The number of hydrogen-bond donors (Lipinski definition) is 8. The Morgan fingerprint density at radius 1 is 0.783 bits per heavy atom. The molecule has 2 fully saturated rings. The molecule has 11 nitrogen and oxygen atoms in total. The molecule has 9 atom stereocenters. The topological polar surface area (TPSA) is 190 Å². The van der Waals surface area contributed by atoms with E-state index in [1.54, 1.807) is 0 Å². The highest BCUT2D eigenvalue weighted by Gasteiger charge is 2.58. The van der Waals surface area contributed by atoms with Gasteiger partial charge in [-0.25, -0.2) is 0 Å². The van der Waals surface area contributed by atoms with Gasteiger partial charge in [0.05, 0.1) is 13.2 Å². The molecular formula is C12H22O11. The Kier molecular flexibility index (Phi) is 5.92. The van der Waals surface area contributed by atoms with Crippen LogP contribution in [0.3, 0.4) is 0 Å². The average Bonchev–Trinajstić information content (AvgIpc) is 2.80. The lowest BCUT2D eigenvalue weighted by Crippen LogP contribution is -2.62. The van der Waals surface area contributed by atoms with Crippen LogP contribution in [0, 0.1) is 0 Å². The lowest BCUT2D eigenvalue weighted by atomic mass is 9.99. The van der Waals surface area contributed by atoms with E-state index in [-0.39, 0.29) is 0 Å². The van der Waals surface area contributed by atoms with E-state index >= 15 is 0 Å². The third-order valence-electron chi connectivity index (χ3n) is 4.07. The maximum absolute atomic E-state index is 10.00. The van der Waals surface area contributed by atoms with E-state index < -0.39 is 74.6 Å². The quantitative estimate of drug-likeness (QED) is 0.238. The summed E-state index contributed by atoms with van der Waals surface area (Å²) in [5, 5.41) is 76.7. The second kappa shape index (κ2) is 7.21. The molecule has 8 N–H and O–H groups in total. The highest BCUT2D eigenvalue weighted by Crippen LogP contribution is 2.35. The lowest BCUT2D eigenvalue weighted by Gasteiger charge is -2.43. The molecule has 2 aliphatic rings. The van der Waals surface area contributed by atoms with Gasteiger partial charge in [0.25, 0.3) is 0 Å². The number of aliphatic hydroxyl groups excluding tert-OH is 8. The summed E-state index contributed by atoms with van der Waals surface area (Å²) in [6.07, 6.45) is -12.7. The Labute approximate surface area is 130 Å². The third-order valence-corrected chi connectivity index (χ3v) is 4.07. The SMILES string of the molecule is OCC1O[C@H](O[C@]2(CO)O[C@H](CO)C(O)[C@H]2O)C(O)[C@@H](O)[C@@H]1O. The van der Waals surface area contributed by atoms with Gasteiger partial charge >= 0.3 is 0 Å². The second-order valence-electron chi connectivity index (χ2n) is 5.56. The maximum atomic E-state index is 10.00. The summed E-state index contributed by atoms with van der Waals surface area (Å²) in [7, 11) is 0. The molecule has 3 unspecified atom stereocenters. The van der Waals surface area contributed by atoms with Gasteiger partial charge in [0.2, 0.25) is 5.79 Å². The fourth-order valence-corrected chi connectivity index (χ4v) is 2.63. The zero-order valence-electron chi connectivity index (χ0n) is 12.0. The van der Waals surface area contributed by atoms with Crippen LogP contribution in [0.5, 0.6) is 0 Å². The molecule has 0 aromatic rings. The summed E-state index contributed by atoms with van der Waals surface area (Å²) in [4.78, 5) is 0. The van der Waals surface area contributed by atoms with Crippen LogP contribution in [-0.2, 0) is 14.2 Å². The van der Waals surface area contributed by atoms with Crippen molar-refractivity contribution in [2.24, 2.45) is 0 Å². The lowest BCUT2D eigenvalue weighted by molar-refractivity contribution is -0.383. The standard InChI is InChI=1S/C12H22O11/c13-1-4-6(16)8(18)9(19)11(21-4)23-12(3-15)10(20)7(17)5(2-14)22-12/h4-11,13-20H,1-3H2/t4?,5-,6-,7?,8+,9?,10-,11-,12+/m1/s1.